The van der Waals surface area contributed by atoms with Gasteiger partial charge in [-0.3, -0.25) is 0 Å². The molecule has 0 saturated carbocycles. The van der Waals surface area contributed by atoms with Crippen molar-refractivity contribution in [3.63, 3.8) is 0 Å². The van der Waals surface area contributed by atoms with Crippen molar-refractivity contribution < 1.29 is 14.2 Å². The van der Waals surface area contributed by atoms with Gasteiger partial charge < -0.3 is 14.2 Å². The number of benzene rings is 1. The topological polar surface area (TPSA) is 27.7 Å². The van der Waals surface area contributed by atoms with E-state index in [1.807, 2.05) is 12.1 Å². The van der Waals surface area contributed by atoms with E-state index in [-0.39, 0.29) is 5.60 Å². The molecule has 22 heavy (non-hydrogen) atoms. The first-order valence-electron chi connectivity index (χ1n) is 7.99. The number of hydrogen-bond donors (Lipinski definition) is 0. The predicted molar refractivity (Wildman–Crippen MR) is 97.8 cm³/mol. The van der Waals surface area contributed by atoms with Crippen molar-refractivity contribution in [3.05, 3.63) is 29.8 Å². The molecule has 0 amide bonds. The molecule has 2 rings (SSSR count). The Bertz CT molecular complexity index is 448. The van der Waals surface area contributed by atoms with E-state index in [9.17, 15) is 0 Å². The maximum atomic E-state index is 6.18. The summed E-state index contributed by atoms with van der Waals surface area (Å²) < 4.78 is 18.3. The summed E-state index contributed by atoms with van der Waals surface area (Å²) in [4.78, 5) is 0. The third-order valence-electron chi connectivity index (χ3n) is 4.23. The van der Waals surface area contributed by atoms with Crippen molar-refractivity contribution in [1.82, 2.24) is 0 Å². The summed E-state index contributed by atoms with van der Waals surface area (Å²) in [6.07, 6.45) is 3.88. The van der Waals surface area contributed by atoms with Crippen LogP contribution in [0.5, 0.6) is 5.75 Å². The molecule has 1 aromatic carbocycles. The first-order chi connectivity index (χ1) is 10.5. The van der Waals surface area contributed by atoms with E-state index >= 15 is 0 Å². The van der Waals surface area contributed by atoms with E-state index < -0.39 is 0 Å². The van der Waals surface area contributed by atoms with E-state index in [2.05, 4.69) is 48.6 Å². The number of halogens is 1. The molecule has 0 N–H and O–H groups in total. The van der Waals surface area contributed by atoms with E-state index in [1.165, 1.54) is 18.4 Å². The Kier molecular flexibility index (Phi) is 6.96. The second-order valence-electron chi connectivity index (χ2n) is 6.56. The molecule has 1 fully saturated rings. The molecule has 1 aliphatic heterocycles. The average molecular weight is 418 g/mol. The fourth-order valence-electron chi connectivity index (χ4n) is 3.14. The maximum Gasteiger partial charge on any atom is 0.118 e. The fraction of sp³-hybridized carbons (Fsp3) is 0.667. The van der Waals surface area contributed by atoms with Gasteiger partial charge in [0.05, 0.1) is 25.4 Å². The van der Waals surface area contributed by atoms with Crippen LogP contribution in [-0.2, 0) is 16.1 Å². The van der Waals surface area contributed by atoms with Crippen molar-refractivity contribution in [2.75, 3.05) is 18.1 Å². The van der Waals surface area contributed by atoms with Gasteiger partial charge in [0.25, 0.3) is 0 Å². The predicted octanol–water partition coefficient (Wildman–Crippen LogP) is 4.61. The maximum absolute atomic E-state index is 6.18. The lowest BCUT2D eigenvalue weighted by Crippen LogP contribution is -2.29. The Morgan fingerprint density at radius 3 is 2.68 bits per heavy atom. The quantitative estimate of drug-likeness (QED) is 0.456. The number of ether oxygens (including phenoxy) is 3. The highest BCUT2D eigenvalue weighted by atomic mass is 127. The SMILES string of the molecule is COc1ccc(COC[C@H](C)C[C@@]2(C)CC[C@H](CI)O2)cc1. The highest BCUT2D eigenvalue weighted by Gasteiger charge is 2.36. The largest absolute Gasteiger partial charge is 0.497 e. The van der Waals surface area contributed by atoms with Crippen LogP contribution in [0.4, 0.5) is 0 Å². The van der Waals surface area contributed by atoms with Gasteiger partial charge in [0.1, 0.15) is 5.75 Å². The van der Waals surface area contributed by atoms with Gasteiger partial charge in [-0.15, -0.1) is 0 Å². The van der Waals surface area contributed by atoms with Crippen molar-refractivity contribution in [2.45, 2.75) is 51.4 Å². The average Bonchev–Trinajstić information content (AvgIpc) is 2.89. The molecule has 4 heteroatoms. The minimum absolute atomic E-state index is 0.0404. The van der Waals surface area contributed by atoms with Gasteiger partial charge in [0, 0.05) is 11.0 Å². The first kappa shape index (κ1) is 18.0. The van der Waals surface area contributed by atoms with Crippen LogP contribution in [0.3, 0.4) is 0 Å². The van der Waals surface area contributed by atoms with Gasteiger partial charge in [0.2, 0.25) is 0 Å². The van der Waals surface area contributed by atoms with E-state index in [0.717, 1.165) is 23.2 Å². The molecule has 1 heterocycles. The van der Waals surface area contributed by atoms with Crippen LogP contribution in [0.1, 0.15) is 38.7 Å². The Labute approximate surface area is 147 Å². The minimum Gasteiger partial charge on any atom is -0.497 e. The molecule has 0 aliphatic carbocycles. The zero-order valence-electron chi connectivity index (χ0n) is 13.8. The van der Waals surface area contributed by atoms with E-state index in [0.29, 0.717) is 18.6 Å². The molecular weight excluding hydrogens is 391 g/mol. The lowest BCUT2D eigenvalue weighted by atomic mass is 9.91. The van der Waals surface area contributed by atoms with Gasteiger partial charge in [0.15, 0.2) is 0 Å². The van der Waals surface area contributed by atoms with Crippen LogP contribution in [0, 0.1) is 5.92 Å². The monoisotopic (exact) mass is 418 g/mol. The molecule has 0 radical (unpaired) electrons. The normalized spacial score (nSPS) is 26.1. The van der Waals surface area contributed by atoms with Crippen molar-refractivity contribution in [2.24, 2.45) is 5.92 Å². The standard InChI is InChI=1S/C18H27IO3/c1-14(10-18(2)9-8-17(11-19)22-18)12-21-13-15-4-6-16(20-3)7-5-15/h4-7,14,17H,8-13H2,1-3H3/t14-,17-,18-/m1/s1. The molecule has 0 aromatic heterocycles. The molecule has 3 atom stereocenters. The lowest BCUT2D eigenvalue weighted by molar-refractivity contribution is -0.0413. The molecule has 1 aliphatic rings. The van der Waals surface area contributed by atoms with Crippen LogP contribution in [0.15, 0.2) is 24.3 Å². The highest BCUT2D eigenvalue weighted by molar-refractivity contribution is 14.1. The summed E-state index contributed by atoms with van der Waals surface area (Å²) in [6, 6.07) is 8.05. The summed E-state index contributed by atoms with van der Waals surface area (Å²) in [5, 5.41) is 0. The van der Waals surface area contributed by atoms with Crippen LogP contribution in [0.2, 0.25) is 0 Å². The van der Waals surface area contributed by atoms with Crippen molar-refractivity contribution in [1.29, 1.82) is 0 Å². The highest BCUT2D eigenvalue weighted by Crippen LogP contribution is 2.36. The van der Waals surface area contributed by atoms with Crippen LogP contribution in [-0.4, -0.2) is 29.8 Å². The number of rotatable bonds is 8. The third-order valence-corrected chi connectivity index (χ3v) is 5.21. The number of alkyl halides is 1. The Morgan fingerprint density at radius 1 is 1.36 bits per heavy atom. The molecule has 1 saturated heterocycles. The smallest absolute Gasteiger partial charge is 0.118 e. The van der Waals surface area contributed by atoms with Gasteiger partial charge in [-0.05, 0) is 49.8 Å². The molecule has 0 bridgehead atoms. The Morgan fingerprint density at radius 2 is 2.09 bits per heavy atom. The van der Waals surface area contributed by atoms with E-state index in [4.69, 9.17) is 14.2 Å². The summed E-state index contributed by atoms with van der Waals surface area (Å²) >= 11 is 2.42. The van der Waals surface area contributed by atoms with Gasteiger partial charge >= 0.3 is 0 Å². The summed E-state index contributed by atoms with van der Waals surface area (Å²) in [5.41, 5.74) is 1.22. The minimum atomic E-state index is 0.0404. The molecule has 124 valence electrons. The summed E-state index contributed by atoms with van der Waals surface area (Å²) in [5.74, 6) is 1.39. The second-order valence-corrected chi connectivity index (χ2v) is 7.44. The molecule has 3 nitrogen and oxygen atoms in total. The van der Waals surface area contributed by atoms with Gasteiger partial charge in [-0.1, -0.05) is 41.6 Å². The van der Waals surface area contributed by atoms with Crippen molar-refractivity contribution in [3.8, 4) is 5.75 Å². The van der Waals surface area contributed by atoms with Gasteiger partial charge in [-0.2, -0.15) is 0 Å². The van der Waals surface area contributed by atoms with Gasteiger partial charge in [-0.25, -0.2) is 0 Å². The van der Waals surface area contributed by atoms with Crippen molar-refractivity contribution >= 4 is 22.6 Å². The van der Waals surface area contributed by atoms with E-state index in [1.54, 1.807) is 7.11 Å². The van der Waals surface area contributed by atoms with Crippen LogP contribution < -0.4 is 4.74 Å². The fourth-order valence-corrected chi connectivity index (χ4v) is 3.76. The Balaban J connectivity index is 1.70. The molecular formula is C18H27IO3. The first-order valence-corrected chi connectivity index (χ1v) is 9.51. The second kappa shape index (κ2) is 8.50. The molecule has 0 spiro atoms. The Hall–Kier alpha value is -0.330. The lowest BCUT2D eigenvalue weighted by Gasteiger charge is -2.28. The summed E-state index contributed by atoms with van der Waals surface area (Å²) in [7, 11) is 1.68. The number of methoxy groups -OCH3 is 1. The van der Waals surface area contributed by atoms with Crippen LogP contribution in [0.25, 0.3) is 0 Å². The zero-order valence-corrected chi connectivity index (χ0v) is 16.0. The zero-order chi connectivity index (χ0) is 16.0. The molecule has 0 unspecified atom stereocenters. The molecule has 1 aromatic rings. The van der Waals surface area contributed by atoms with Crippen LogP contribution >= 0.6 is 22.6 Å². The number of hydrogen-bond acceptors (Lipinski definition) is 3. The summed E-state index contributed by atoms with van der Waals surface area (Å²) in [6.45, 7) is 5.93. The third kappa shape index (κ3) is 5.39.